The SMILES string of the molecule is O=c1[nH]cnc2c1CC=C2CN[C@H](CO)CCc1ccccc1. The fourth-order valence-electron chi connectivity index (χ4n) is 2.87. The number of nitrogens with one attached hydrogen (secondary N) is 2. The summed E-state index contributed by atoms with van der Waals surface area (Å²) in [5.74, 6) is 0. The Bertz CT molecular complexity index is 737. The molecule has 0 radical (unpaired) electrons. The highest BCUT2D eigenvalue weighted by Gasteiger charge is 2.19. The van der Waals surface area contributed by atoms with Crippen molar-refractivity contribution in [2.45, 2.75) is 25.3 Å². The van der Waals surface area contributed by atoms with Crippen LogP contribution in [0.5, 0.6) is 0 Å². The van der Waals surface area contributed by atoms with Crippen LogP contribution < -0.4 is 10.9 Å². The molecule has 1 aliphatic rings. The molecule has 3 N–H and O–H groups in total. The molecule has 0 saturated heterocycles. The van der Waals surface area contributed by atoms with Crippen molar-refractivity contribution in [3.8, 4) is 0 Å². The fraction of sp³-hybridized carbons (Fsp3) is 0.333. The third-order valence-electron chi connectivity index (χ3n) is 4.23. The van der Waals surface area contributed by atoms with Crippen molar-refractivity contribution in [1.29, 1.82) is 0 Å². The molecular formula is C18H21N3O2. The molecule has 1 heterocycles. The van der Waals surface area contributed by atoms with E-state index in [0.717, 1.165) is 29.7 Å². The molecule has 23 heavy (non-hydrogen) atoms. The summed E-state index contributed by atoms with van der Waals surface area (Å²) in [6.45, 7) is 0.708. The average Bonchev–Trinajstić information content (AvgIpc) is 3.01. The number of aliphatic hydroxyl groups excluding tert-OH is 1. The largest absolute Gasteiger partial charge is 0.395 e. The Kier molecular flexibility index (Phi) is 5.00. The number of aromatic nitrogens is 2. The van der Waals surface area contributed by atoms with E-state index >= 15 is 0 Å². The van der Waals surface area contributed by atoms with Gasteiger partial charge in [0.05, 0.1) is 18.6 Å². The lowest BCUT2D eigenvalue weighted by atomic mass is 10.1. The topological polar surface area (TPSA) is 78.0 Å². The van der Waals surface area contributed by atoms with Gasteiger partial charge >= 0.3 is 0 Å². The van der Waals surface area contributed by atoms with E-state index in [4.69, 9.17) is 0 Å². The molecule has 0 aliphatic heterocycles. The molecule has 0 bridgehead atoms. The molecule has 2 aromatic rings. The van der Waals surface area contributed by atoms with Gasteiger partial charge in [0.1, 0.15) is 0 Å². The third-order valence-corrected chi connectivity index (χ3v) is 4.23. The smallest absolute Gasteiger partial charge is 0.254 e. The molecule has 0 saturated carbocycles. The maximum atomic E-state index is 11.7. The van der Waals surface area contributed by atoms with Gasteiger partial charge in [-0.1, -0.05) is 36.4 Å². The first-order valence-corrected chi connectivity index (χ1v) is 7.92. The molecule has 1 aromatic carbocycles. The van der Waals surface area contributed by atoms with Crippen molar-refractivity contribution in [2.24, 2.45) is 0 Å². The Labute approximate surface area is 135 Å². The standard InChI is InChI=1S/C18H21N3O2/c22-11-15(8-6-13-4-2-1-3-5-13)19-10-14-7-9-16-17(14)20-12-21-18(16)23/h1-5,7,12,15,19,22H,6,8-11H2,(H,20,21,23)/t15-/m0/s1. The molecule has 0 spiro atoms. The van der Waals surface area contributed by atoms with Gasteiger partial charge in [0.2, 0.25) is 0 Å². The highest BCUT2D eigenvalue weighted by atomic mass is 16.3. The van der Waals surface area contributed by atoms with Crippen LogP contribution in [-0.4, -0.2) is 34.3 Å². The van der Waals surface area contributed by atoms with Crippen LogP contribution in [0.3, 0.4) is 0 Å². The number of allylic oxidation sites excluding steroid dienone is 1. The quantitative estimate of drug-likeness (QED) is 0.720. The van der Waals surface area contributed by atoms with Crippen LogP contribution in [0.15, 0.2) is 47.5 Å². The number of hydrogen-bond donors (Lipinski definition) is 3. The summed E-state index contributed by atoms with van der Waals surface area (Å²) < 4.78 is 0. The third kappa shape index (κ3) is 3.75. The fourth-order valence-corrected chi connectivity index (χ4v) is 2.87. The van der Waals surface area contributed by atoms with Gasteiger partial charge in [0.25, 0.3) is 5.56 Å². The van der Waals surface area contributed by atoms with Crippen molar-refractivity contribution >= 4 is 5.57 Å². The summed E-state index contributed by atoms with van der Waals surface area (Å²) in [7, 11) is 0. The zero-order valence-corrected chi connectivity index (χ0v) is 13.0. The molecule has 1 aromatic heterocycles. The van der Waals surface area contributed by atoms with Gasteiger partial charge in [0.15, 0.2) is 0 Å². The number of rotatable bonds is 7. The Morgan fingerprint density at radius 1 is 1.30 bits per heavy atom. The van der Waals surface area contributed by atoms with Crippen molar-refractivity contribution in [2.75, 3.05) is 13.2 Å². The molecule has 120 valence electrons. The maximum absolute atomic E-state index is 11.7. The Hall–Kier alpha value is -2.24. The minimum atomic E-state index is -0.0657. The monoisotopic (exact) mass is 311 g/mol. The van der Waals surface area contributed by atoms with E-state index in [-0.39, 0.29) is 18.2 Å². The number of hydrogen-bond acceptors (Lipinski definition) is 4. The minimum Gasteiger partial charge on any atom is -0.395 e. The number of benzene rings is 1. The van der Waals surface area contributed by atoms with E-state index in [0.29, 0.717) is 13.0 Å². The first kappa shape index (κ1) is 15.6. The summed E-state index contributed by atoms with van der Waals surface area (Å²) in [5, 5.41) is 12.9. The maximum Gasteiger partial charge on any atom is 0.254 e. The first-order valence-electron chi connectivity index (χ1n) is 7.92. The van der Waals surface area contributed by atoms with E-state index in [2.05, 4.69) is 27.4 Å². The second kappa shape index (κ2) is 7.35. The number of aryl methyl sites for hydroxylation is 1. The number of aliphatic hydroxyl groups is 1. The Balaban J connectivity index is 1.55. The van der Waals surface area contributed by atoms with Gasteiger partial charge in [-0.15, -0.1) is 0 Å². The Morgan fingerprint density at radius 2 is 2.13 bits per heavy atom. The molecule has 1 atom stereocenters. The number of fused-ring (bicyclic) bond motifs is 1. The summed E-state index contributed by atoms with van der Waals surface area (Å²) in [4.78, 5) is 18.6. The summed E-state index contributed by atoms with van der Waals surface area (Å²) in [5.41, 5.74) is 3.75. The highest BCUT2D eigenvalue weighted by molar-refractivity contribution is 5.70. The average molecular weight is 311 g/mol. The van der Waals surface area contributed by atoms with Crippen LogP contribution in [0.1, 0.15) is 23.2 Å². The molecule has 0 amide bonds. The first-order chi connectivity index (χ1) is 11.3. The second-order valence-electron chi connectivity index (χ2n) is 5.78. The van der Waals surface area contributed by atoms with Gasteiger partial charge in [0, 0.05) is 18.2 Å². The van der Waals surface area contributed by atoms with Gasteiger partial charge in [-0.25, -0.2) is 4.98 Å². The van der Waals surface area contributed by atoms with Crippen LogP contribution in [0, 0.1) is 0 Å². The Morgan fingerprint density at radius 3 is 2.91 bits per heavy atom. The molecule has 0 fully saturated rings. The highest BCUT2D eigenvalue weighted by Crippen LogP contribution is 2.21. The zero-order chi connectivity index (χ0) is 16.1. The number of aromatic amines is 1. The summed E-state index contributed by atoms with van der Waals surface area (Å²) in [6, 6.07) is 10.3. The van der Waals surface area contributed by atoms with Gasteiger partial charge < -0.3 is 15.4 Å². The zero-order valence-electron chi connectivity index (χ0n) is 13.0. The van der Waals surface area contributed by atoms with Crippen LogP contribution in [-0.2, 0) is 12.8 Å². The van der Waals surface area contributed by atoms with E-state index in [9.17, 15) is 9.90 Å². The molecule has 5 heteroatoms. The van der Waals surface area contributed by atoms with Crippen molar-refractivity contribution in [3.63, 3.8) is 0 Å². The van der Waals surface area contributed by atoms with Gasteiger partial charge in [-0.3, -0.25) is 4.79 Å². The number of nitrogens with zero attached hydrogens (tertiary/aromatic N) is 1. The van der Waals surface area contributed by atoms with Crippen LogP contribution >= 0.6 is 0 Å². The number of H-pyrrole nitrogens is 1. The van der Waals surface area contributed by atoms with E-state index in [1.165, 1.54) is 11.9 Å². The van der Waals surface area contributed by atoms with Gasteiger partial charge in [-0.05, 0) is 30.4 Å². The summed E-state index contributed by atoms with van der Waals surface area (Å²) >= 11 is 0. The van der Waals surface area contributed by atoms with Crippen LogP contribution in [0.2, 0.25) is 0 Å². The lowest BCUT2D eigenvalue weighted by molar-refractivity contribution is 0.239. The lowest BCUT2D eigenvalue weighted by Crippen LogP contribution is -2.34. The van der Waals surface area contributed by atoms with E-state index in [1.807, 2.05) is 24.3 Å². The van der Waals surface area contributed by atoms with Crippen molar-refractivity contribution in [1.82, 2.24) is 15.3 Å². The van der Waals surface area contributed by atoms with Crippen molar-refractivity contribution in [3.05, 3.63) is 69.9 Å². The normalized spacial score (nSPS) is 14.4. The molecule has 1 aliphatic carbocycles. The predicted octanol–water partition coefficient (Wildman–Crippen LogP) is 1.29. The molecular weight excluding hydrogens is 290 g/mol. The summed E-state index contributed by atoms with van der Waals surface area (Å²) in [6.07, 6.45) is 5.89. The lowest BCUT2D eigenvalue weighted by Gasteiger charge is -2.17. The van der Waals surface area contributed by atoms with Crippen LogP contribution in [0.25, 0.3) is 5.57 Å². The second-order valence-corrected chi connectivity index (χ2v) is 5.78. The molecule has 5 nitrogen and oxygen atoms in total. The predicted molar refractivity (Wildman–Crippen MR) is 90.2 cm³/mol. The molecule has 0 unspecified atom stereocenters. The van der Waals surface area contributed by atoms with Gasteiger partial charge in [-0.2, -0.15) is 0 Å². The van der Waals surface area contributed by atoms with Crippen molar-refractivity contribution < 1.29 is 5.11 Å². The van der Waals surface area contributed by atoms with Crippen LogP contribution in [0.4, 0.5) is 0 Å². The van der Waals surface area contributed by atoms with E-state index in [1.54, 1.807) is 0 Å². The molecule has 3 rings (SSSR count). The minimum absolute atomic E-state index is 0.0298. The van der Waals surface area contributed by atoms with E-state index < -0.39 is 0 Å².